The van der Waals surface area contributed by atoms with E-state index in [0.29, 0.717) is 43.0 Å². The average molecular weight is 455 g/mol. The molecule has 4 rings (SSSR count). The Morgan fingerprint density at radius 1 is 1.22 bits per heavy atom. The van der Waals surface area contributed by atoms with Crippen LogP contribution < -0.4 is 10.1 Å². The molecule has 1 fully saturated rings. The lowest BCUT2D eigenvalue weighted by Crippen LogP contribution is -2.42. The van der Waals surface area contributed by atoms with E-state index < -0.39 is 0 Å². The number of carbonyl (C=O) groups excluding carboxylic acids is 1. The van der Waals surface area contributed by atoms with Crippen LogP contribution in [-0.2, 0) is 17.9 Å². The summed E-state index contributed by atoms with van der Waals surface area (Å²) in [5, 5.41) is 7.80. The Hall–Kier alpha value is -2.90. The Bertz CT molecular complexity index is 1020. The zero-order chi connectivity index (χ0) is 22.3. The van der Waals surface area contributed by atoms with Gasteiger partial charge in [0.15, 0.2) is 0 Å². The van der Waals surface area contributed by atoms with Crippen LogP contribution in [0.2, 0.25) is 5.02 Å². The Kier molecular flexibility index (Phi) is 7.39. The van der Waals surface area contributed by atoms with Crippen molar-refractivity contribution in [2.24, 2.45) is 5.92 Å². The van der Waals surface area contributed by atoms with E-state index in [1.54, 1.807) is 12.1 Å². The molecule has 8 heteroatoms. The summed E-state index contributed by atoms with van der Waals surface area (Å²) in [6, 6.07) is 15.1. The fourth-order valence-corrected chi connectivity index (χ4v) is 3.97. The maximum absolute atomic E-state index is 12.7. The monoisotopic (exact) mass is 454 g/mol. The van der Waals surface area contributed by atoms with Gasteiger partial charge in [0.2, 0.25) is 17.6 Å². The highest BCUT2D eigenvalue weighted by molar-refractivity contribution is 6.30. The lowest BCUT2D eigenvalue weighted by molar-refractivity contribution is -0.127. The number of benzene rings is 2. The molecule has 1 N–H and O–H groups in total. The molecule has 1 amide bonds. The number of hydrogen-bond donors (Lipinski definition) is 1. The highest BCUT2D eigenvalue weighted by atomic mass is 35.5. The van der Waals surface area contributed by atoms with Crippen LogP contribution in [0.4, 0.5) is 0 Å². The Morgan fingerprint density at radius 3 is 2.75 bits per heavy atom. The summed E-state index contributed by atoms with van der Waals surface area (Å²) in [5.41, 5.74) is 1.91. The molecular weight excluding hydrogens is 428 g/mol. The van der Waals surface area contributed by atoms with Crippen molar-refractivity contribution in [3.63, 3.8) is 0 Å². The lowest BCUT2D eigenvalue weighted by Gasteiger charge is -2.30. The topological polar surface area (TPSA) is 80.5 Å². The van der Waals surface area contributed by atoms with Gasteiger partial charge < -0.3 is 14.6 Å². The van der Waals surface area contributed by atoms with Gasteiger partial charge in [-0.3, -0.25) is 9.69 Å². The standard InChI is InChI=1S/C24H27ClN4O3/c1-2-31-21-11-5-17(6-12-21)14-26-24(30)19-4-3-13-29(15-19)16-22-27-23(28-32-22)18-7-9-20(25)10-8-18/h5-12,19H,2-4,13-16H2,1H3,(H,26,30). The van der Waals surface area contributed by atoms with Crippen molar-refractivity contribution < 1.29 is 14.1 Å². The van der Waals surface area contributed by atoms with Gasteiger partial charge in [-0.05, 0) is 68.3 Å². The number of aromatic nitrogens is 2. The Labute approximate surface area is 192 Å². The Balaban J connectivity index is 1.28. The number of ether oxygens (including phenoxy) is 1. The van der Waals surface area contributed by atoms with E-state index in [2.05, 4.69) is 20.4 Å². The van der Waals surface area contributed by atoms with Gasteiger partial charge in [-0.2, -0.15) is 4.98 Å². The third-order valence-electron chi connectivity index (χ3n) is 5.51. The van der Waals surface area contributed by atoms with Crippen LogP contribution in [0, 0.1) is 5.92 Å². The first kappa shape index (κ1) is 22.3. The maximum atomic E-state index is 12.7. The summed E-state index contributed by atoms with van der Waals surface area (Å²) in [5.74, 6) is 1.95. The minimum atomic E-state index is -0.0508. The molecule has 1 saturated heterocycles. The molecule has 2 heterocycles. The molecule has 32 heavy (non-hydrogen) atoms. The SMILES string of the molecule is CCOc1ccc(CNC(=O)C2CCCN(Cc3nc(-c4ccc(Cl)cc4)no3)C2)cc1. The van der Waals surface area contributed by atoms with Gasteiger partial charge in [-0.1, -0.05) is 28.9 Å². The van der Waals surface area contributed by atoms with Crippen molar-refractivity contribution in [2.45, 2.75) is 32.9 Å². The molecule has 1 unspecified atom stereocenters. The number of amides is 1. The average Bonchev–Trinajstić information content (AvgIpc) is 3.27. The molecule has 7 nitrogen and oxygen atoms in total. The summed E-state index contributed by atoms with van der Waals surface area (Å²) >= 11 is 5.94. The third kappa shape index (κ3) is 5.87. The van der Waals surface area contributed by atoms with E-state index in [9.17, 15) is 4.79 Å². The van der Waals surface area contributed by atoms with E-state index in [0.717, 1.165) is 36.3 Å². The van der Waals surface area contributed by atoms with E-state index in [-0.39, 0.29) is 11.8 Å². The molecule has 1 aromatic heterocycles. The van der Waals surface area contributed by atoms with Gasteiger partial charge in [0.1, 0.15) is 5.75 Å². The first-order valence-electron chi connectivity index (χ1n) is 10.9. The van der Waals surface area contributed by atoms with Gasteiger partial charge in [-0.15, -0.1) is 0 Å². The molecule has 0 radical (unpaired) electrons. The fraction of sp³-hybridized carbons (Fsp3) is 0.375. The number of halogens is 1. The van der Waals surface area contributed by atoms with Crippen molar-refractivity contribution in [3.8, 4) is 17.1 Å². The van der Waals surface area contributed by atoms with E-state index >= 15 is 0 Å². The van der Waals surface area contributed by atoms with Crippen molar-refractivity contribution in [1.82, 2.24) is 20.4 Å². The van der Waals surface area contributed by atoms with Gasteiger partial charge in [0.25, 0.3) is 0 Å². The van der Waals surface area contributed by atoms with Gasteiger partial charge in [0.05, 0.1) is 19.1 Å². The van der Waals surface area contributed by atoms with Crippen LogP contribution >= 0.6 is 11.6 Å². The van der Waals surface area contributed by atoms with Crippen molar-refractivity contribution in [1.29, 1.82) is 0 Å². The first-order chi connectivity index (χ1) is 15.6. The highest BCUT2D eigenvalue weighted by Gasteiger charge is 2.26. The van der Waals surface area contributed by atoms with Gasteiger partial charge in [0, 0.05) is 23.7 Å². The molecule has 0 aliphatic carbocycles. The van der Waals surface area contributed by atoms with Gasteiger partial charge >= 0.3 is 0 Å². The van der Waals surface area contributed by atoms with Crippen LogP contribution in [0.5, 0.6) is 5.75 Å². The summed E-state index contributed by atoms with van der Waals surface area (Å²) in [6.07, 6.45) is 1.84. The van der Waals surface area contributed by atoms with E-state index in [1.165, 1.54) is 0 Å². The minimum Gasteiger partial charge on any atom is -0.494 e. The number of rotatable bonds is 8. The predicted octanol–water partition coefficient (Wildman–Crippen LogP) is 4.32. The molecule has 1 aliphatic heterocycles. The Morgan fingerprint density at radius 2 is 2.00 bits per heavy atom. The number of hydrogen-bond acceptors (Lipinski definition) is 6. The molecule has 1 atom stereocenters. The molecule has 2 aromatic carbocycles. The van der Waals surface area contributed by atoms with E-state index in [4.69, 9.17) is 20.9 Å². The largest absolute Gasteiger partial charge is 0.494 e. The smallest absolute Gasteiger partial charge is 0.241 e. The summed E-state index contributed by atoms with van der Waals surface area (Å²) in [6.45, 7) is 5.22. The van der Waals surface area contributed by atoms with Gasteiger partial charge in [-0.25, -0.2) is 0 Å². The highest BCUT2D eigenvalue weighted by Crippen LogP contribution is 2.22. The zero-order valence-electron chi connectivity index (χ0n) is 18.1. The van der Waals surface area contributed by atoms with Crippen LogP contribution in [0.1, 0.15) is 31.2 Å². The molecule has 168 valence electrons. The molecule has 0 spiro atoms. The number of nitrogens with one attached hydrogen (secondary N) is 1. The molecular formula is C24H27ClN4O3. The molecule has 0 saturated carbocycles. The predicted molar refractivity (Wildman–Crippen MR) is 122 cm³/mol. The van der Waals surface area contributed by atoms with Crippen LogP contribution in [0.25, 0.3) is 11.4 Å². The van der Waals surface area contributed by atoms with Crippen molar-refractivity contribution >= 4 is 17.5 Å². The number of likely N-dealkylation sites (tertiary alicyclic amines) is 1. The zero-order valence-corrected chi connectivity index (χ0v) is 18.8. The van der Waals surface area contributed by atoms with Crippen LogP contribution in [-0.4, -0.2) is 40.6 Å². The molecule has 1 aliphatic rings. The van der Waals surface area contributed by atoms with Crippen LogP contribution in [0.15, 0.2) is 53.1 Å². The second kappa shape index (κ2) is 10.6. The second-order valence-electron chi connectivity index (χ2n) is 7.89. The number of piperidine rings is 1. The lowest BCUT2D eigenvalue weighted by atomic mass is 9.97. The van der Waals surface area contributed by atoms with Crippen molar-refractivity contribution in [3.05, 3.63) is 65.0 Å². The first-order valence-corrected chi connectivity index (χ1v) is 11.3. The number of nitrogens with zero attached hydrogens (tertiary/aromatic N) is 3. The van der Waals surface area contributed by atoms with Crippen molar-refractivity contribution in [2.75, 3.05) is 19.7 Å². The summed E-state index contributed by atoms with van der Waals surface area (Å²) in [7, 11) is 0. The third-order valence-corrected chi connectivity index (χ3v) is 5.76. The normalized spacial score (nSPS) is 16.6. The summed E-state index contributed by atoms with van der Waals surface area (Å²) < 4.78 is 10.9. The molecule has 3 aromatic rings. The number of carbonyl (C=O) groups is 1. The van der Waals surface area contributed by atoms with E-state index in [1.807, 2.05) is 43.3 Å². The quantitative estimate of drug-likeness (QED) is 0.546. The van der Waals surface area contributed by atoms with Crippen LogP contribution in [0.3, 0.4) is 0 Å². The maximum Gasteiger partial charge on any atom is 0.241 e. The summed E-state index contributed by atoms with van der Waals surface area (Å²) in [4.78, 5) is 19.4. The molecule has 0 bridgehead atoms. The second-order valence-corrected chi connectivity index (χ2v) is 8.32. The fourth-order valence-electron chi connectivity index (χ4n) is 3.84. The minimum absolute atomic E-state index is 0.0508.